The van der Waals surface area contributed by atoms with Gasteiger partial charge in [-0.15, -0.1) is 0 Å². The smallest absolute Gasteiger partial charge is 0.246 e. The number of ether oxygens (including phenoxy) is 6. The quantitative estimate of drug-likeness (QED) is 0.220. The van der Waals surface area contributed by atoms with Crippen molar-refractivity contribution in [1.82, 2.24) is 0 Å². The minimum absolute atomic E-state index is 0.0144. The van der Waals surface area contributed by atoms with Crippen LogP contribution in [0.5, 0.6) is 0 Å². The van der Waals surface area contributed by atoms with Gasteiger partial charge in [0.1, 0.15) is 48.8 Å². The van der Waals surface area contributed by atoms with Crippen LogP contribution in [0.25, 0.3) is 0 Å². The van der Waals surface area contributed by atoms with Gasteiger partial charge in [-0.3, -0.25) is 4.79 Å². The van der Waals surface area contributed by atoms with Gasteiger partial charge in [-0.05, 0) is 44.9 Å². The summed E-state index contributed by atoms with van der Waals surface area (Å²) >= 11 is 0. The Labute approximate surface area is 222 Å². The van der Waals surface area contributed by atoms with E-state index < -0.39 is 92.2 Å². The third-order valence-corrected chi connectivity index (χ3v) is 8.09. The molecule has 4 aliphatic rings. The highest BCUT2D eigenvalue weighted by Gasteiger charge is 2.51. The molecule has 13 nitrogen and oxygen atoms in total. The van der Waals surface area contributed by atoms with E-state index in [1.165, 1.54) is 0 Å². The van der Waals surface area contributed by atoms with E-state index in [1.54, 1.807) is 6.92 Å². The summed E-state index contributed by atoms with van der Waals surface area (Å²) in [5.41, 5.74) is 5.54. The van der Waals surface area contributed by atoms with Gasteiger partial charge in [0.15, 0.2) is 12.6 Å². The number of carbonyl (C=O) groups excluding carboxylic acids is 1. The van der Waals surface area contributed by atoms with Gasteiger partial charge in [-0.2, -0.15) is 0 Å². The summed E-state index contributed by atoms with van der Waals surface area (Å²) in [7, 11) is 0. The number of carbonyl (C=O) groups is 1. The Kier molecular flexibility index (Phi) is 10.4. The summed E-state index contributed by atoms with van der Waals surface area (Å²) in [6, 6.07) is 0. The predicted octanol–water partition coefficient (Wildman–Crippen LogP) is -1.71. The number of aliphatic hydroxyl groups excluding tert-OH is 5. The topological polar surface area (TPSA) is 200 Å². The van der Waals surface area contributed by atoms with Crippen molar-refractivity contribution in [2.45, 2.75) is 132 Å². The largest absolute Gasteiger partial charge is 0.394 e. The molecule has 7 N–H and O–H groups in total. The minimum Gasteiger partial charge on any atom is -0.394 e. The molecule has 0 bridgehead atoms. The zero-order valence-corrected chi connectivity index (χ0v) is 21.9. The van der Waals surface area contributed by atoms with Gasteiger partial charge >= 0.3 is 0 Å². The van der Waals surface area contributed by atoms with Gasteiger partial charge < -0.3 is 59.7 Å². The lowest BCUT2D eigenvalue weighted by atomic mass is 9.85. The maximum Gasteiger partial charge on any atom is 0.246 e. The first-order chi connectivity index (χ1) is 18.1. The molecule has 14 atom stereocenters. The van der Waals surface area contributed by atoms with Gasteiger partial charge in [0, 0.05) is 6.61 Å². The van der Waals surface area contributed by atoms with Gasteiger partial charge in [-0.25, -0.2) is 0 Å². The van der Waals surface area contributed by atoms with Crippen molar-refractivity contribution in [2.24, 2.45) is 11.7 Å². The monoisotopic (exact) mass is 549 g/mol. The van der Waals surface area contributed by atoms with Crippen LogP contribution in [0.1, 0.15) is 52.4 Å². The Morgan fingerprint density at radius 1 is 0.842 bits per heavy atom. The fourth-order valence-corrected chi connectivity index (χ4v) is 5.76. The first-order valence-corrected chi connectivity index (χ1v) is 13.6. The van der Waals surface area contributed by atoms with Crippen LogP contribution < -0.4 is 5.73 Å². The normalized spacial score (nSPS) is 48.8. The van der Waals surface area contributed by atoms with Crippen LogP contribution in [0, 0.1) is 5.92 Å². The molecule has 13 heteroatoms. The van der Waals surface area contributed by atoms with Crippen LogP contribution >= 0.6 is 0 Å². The van der Waals surface area contributed by atoms with Crippen LogP contribution in [-0.2, 0) is 33.2 Å². The molecule has 6 unspecified atom stereocenters. The molecule has 1 aliphatic carbocycles. The molecule has 3 heterocycles. The SMILES string of the molecule is CC1O[C@@H](OC2[C@H](C)CCC[C@H]2O[C@@H]2OC(CO)[C@H](O)C3O[C@@H](C(N)=O)CCCCOC32)[C@@H](O)C(O)[C@@H]1O. The number of hydrogen-bond donors (Lipinski definition) is 6. The Morgan fingerprint density at radius 3 is 2.32 bits per heavy atom. The fraction of sp³-hybridized carbons (Fsp3) is 0.960. The highest BCUT2D eigenvalue weighted by atomic mass is 16.7. The molecular weight excluding hydrogens is 506 g/mol. The molecule has 4 rings (SSSR count). The van der Waals surface area contributed by atoms with Gasteiger partial charge in [-0.1, -0.05) is 13.3 Å². The second-order valence-corrected chi connectivity index (χ2v) is 10.9. The molecule has 1 amide bonds. The molecule has 3 aliphatic heterocycles. The first-order valence-electron chi connectivity index (χ1n) is 13.6. The maximum atomic E-state index is 12.0. The van der Waals surface area contributed by atoms with Crippen molar-refractivity contribution in [3.05, 3.63) is 0 Å². The number of aliphatic hydroxyl groups is 5. The van der Waals surface area contributed by atoms with Crippen molar-refractivity contribution in [2.75, 3.05) is 13.2 Å². The van der Waals surface area contributed by atoms with Gasteiger partial charge in [0.2, 0.25) is 5.91 Å². The standard InChI is InChI=1S/C25H43NO12/c1-11-6-5-8-13(20(11)38-24-19(31)18(30)16(28)12(2)34-24)36-25-22-21(17(29)15(10-27)37-25)35-14(23(26)32)7-3-4-9-33-22/h11-22,24-25,27-31H,3-10H2,1-2H3,(H2,26,32)/t11-,12?,13-,14-,15?,16-,17+,18?,19+,20?,21?,22?,24+,25-/m1/s1. The molecule has 220 valence electrons. The summed E-state index contributed by atoms with van der Waals surface area (Å²) in [4.78, 5) is 12.0. The van der Waals surface area contributed by atoms with Crippen LogP contribution in [-0.4, -0.2) is 124 Å². The molecule has 1 saturated carbocycles. The zero-order chi connectivity index (χ0) is 27.6. The van der Waals surface area contributed by atoms with Crippen LogP contribution in [0.15, 0.2) is 0 Å². The van der Waals surface area contributed by atoms with Crippen molar-refractivity contribution >= 4 is 5.91 Å². The van der Waals surface area contributed by atoms with Crippen LogP contribution in [0.2, 0.25) is 0 Å². The second-order valence-electron chi connectivity index (χ2n) is 10.9. The van der Waals surface area contributed by atoms with Crippen molar-refractivity contribution in [1.29, 1.82) is 0 Å². The number of nitrogens with two attached hydrogens (primary N) is 1. The highest BCUT2D eigenvalue weighted by molar-refractivity contribution is 5.78. The number of rotatable bonds is 6. The number of fused-ring (bicyclic) bond motifs is 1. The van der Waals surface area contributed by atoms with E-state index in [2.05, 4.69) is 0 Å². The summed E-state index contributed by atoms with van der Waals surface area (Å²) in [5, 5.41) is 51.6. The molecule has 0 spiro atoms. The third kappa shape index (κ3) is 6.50. The molecule has 0 aromatic carbocycles. The number of amides is 1. The predicted molar refractivity (Wildman–Crippen MR) is 128 cm³/mol. The molecular formula is C25H43NO12. The number of hydrogen-bond acceptors (Lipinski definition) is 12. The van der Waals surface area contributed by atoms with Crippen molar-refractivity contribution in [3.8, 4) is 0 Å². The molecule has 0 aromatic rings. The molecule has 3 saturated heterocycles. The van der Waals surface area contributed by atoms with Crippen LogP contribution in [0.4, 0.5) is 0 Å². The average Bonchev–Trinajstić information content (AvgIpc) is 3.00. The Balaban J connectivity index is 1.54. The molecule has 38 heavy (non-hydrogen) atoms. The molecule has 0 radical (unpaired) electrons. The van der Waals surface area contributed by atoms with E-state index in [9.17, 15) is 30.3 Å². The lowest BCUT2D eigenvalue weighted by Crippen LogP contribution is -2.63. The highest BCUT2D eigenvalue weighted by Crippen LogP contribution is 2.36. The second kappa shape index (κ2) is 13.1. The lowest BCUT2D eigenvalue weighted by molar-refractivity contribution is -0.351. The van der Waals surface area contributed by atoms with Crippen molar-refractivity contribution in [3.63, 3.8) is 0 Å². The Morgan fingerprint density at radius 2 is 1.61 bits per heavy atom. The molecule has 0 aromatic heterocycles. The average molecular weight is 550 g/mol. The van der Waals surface area contributed by atoms with Gasteiger partial charge in [0.05, 0.1) is 24.9 Å². The van der Waals surface area contributed by atoms with E-state index in [-0.39, 0.29) is 5.92 Å². The van der Waals surface area contributed by atoms with E-state index >= 15 is 0 Å². The summed E-state index contributed by atoms with van der Waals surface area (Å²) in [5.74, 6) is -0.663. The molecule has 4 fully saturated rings. The Hall–Kier alpha value is -0.970. The zero-order valence-electron chi connectivity index (χ0n) is 21.9. The third-order valence-electron chi connectivity index (χ3n) is 8.09. The summed E-state index contributed by atoms with van der Waals surface area (Å²) in [6.07, 6.45) is -9.65. The minimum atomic E-state index is -1.46. The van der Waals surface area contributed by atoms with Crippen molar-refractivity contribution < 1.29 is 58.7 Å². The van der Waals surface area contributed by atoms with Crippen LogP contribution in [0.3, 0.4) is 0 Å². The van der Waals surface area contributed by atoms with E-state index in [4.69, 9.17) is 34.2 Å². The maximum absolute atomic E-state index is 12.0. The van der Waals surface area contributed by atoms with E-state index in [0.29, 0.717) is 32.3 Å². The van der Waals surface area contributed by atoms with E-state index in [1.807, 2.05) is 6.92 Å². The Bertz CT molecular complexity index is 775. The summed E-state index contributed by atoms with van der Waals surface area (Å²) in [6.45, 7) is 3.36. The first kappa shape index (κ1) is 30.0. The lowest BCUT2D eigenvalue weighted by Gasteiger charge is -2.47. The van der Waals surface area contributed by atoms with E-state index in [0.717, 1.165) is 12.8 Å². The number of primary amides is 1. The van der Waals surface area contributed by atoms with Gasteiger partial charge in [0.25, 0.3) is 0 Å². The fourth-order valence-electron chi connectivity index (χ4n) is 5.76. The summed E-state index contributed by atoms with van der Waals surface area (Å²) < 4.78 is 36.2.